The Hall–Kier alpha value is -4.26. The molecule has 11 nitrogen and oxygen atoms in total. The van der Waals surface area contributed by atoms with Crippen LogP contribution in [-0.4, -0.2) is 39.2 Å². The summed E-state index contributed by atoms with van der Waals surface area (Å²) in [4.78, 5) is 17.9. The molecule has 0 atom stereocenters. The van der Waals surface area contributed by atoms with Crippen LogP contribution in [0, 0.1) is 10.2 Å². The SMILES string of the molecule is COc1ccc(C(=O)c2ccc(-c3ccc(OC)c(OC)c3)[n+](-c3ccccn3)c2)cc1OC.[O-][Cl+3]([O-])([O-])[O-]. The summed E-state index contributed by atoms with van der Waals surface area (Å²) in [5, 5.41) is 0. The lowest BCUT2D eigenvalue weighted by Gasteiger charge is -2.17. The second-order valence-electron chi connectivity index (χ2n) is 7.71. The number of rotatable bonds is 8. The maximum Gasteiger partial charge on any atom is 0.327 e. The first-order valence-corrected chi connectivity index (χ1v) is 12.4. The predicted molar refractivity (Wildman–Crippen MR) is 127 cm³/mol. The first kappa shape index (κ1) is 29.3. The van der Waals surface area contributed by atoms with Gasteiger partial charge in [0.1, 0.15) is 18.1 Å². The molecule has 4 aromatic rings. The van der Waals surface area contributed by atoms with E-state index in [1.165, 1.54) is 0 Å². The summed E-state index contributed by atoms with van der Waals surface area (Å²) in [6.07, 6.45) is 3.50. The van der Waals surface area contributed by atoms with Crippen LogP contribution in [0.3, 0.4) is 0 Å². The minimum absolute atomic E-state index is 0.149. The number of carbonyl (C=O) groups is 1. The molecular formula is C27H25ClN2O9. The van der Waals surface area contributed by atoms with Crippen LogP contribution in [0.5, 0.6) is 23.0 Å². The fraction of sp³-hybridized carbons (Fsp3) is 0.148. The lowest BCUT2D eigenvalue weighted by molar-refractivity contribution is -2.00. The first-order chi connectivity index (χ1) is 18.6. The van der Waals surface area contributed by atoms with Crippen LogP contribution in [-0.2, 0) is 0 Å². The second kappa shape index (κ2) is 13.0. The molecule has 0 N–H and O–H groups in total. The highest BCUT2D eigenvalue weighted by atomic mass is 35.7. The van der Waals surface area contributed by atoms with Crippen LogP contribution < -0.4 is 42.2 Å². The molecule has 0 amide bonds. The van der Waals surface area contributed by atoms with Crippen LogP contribution in [0.1, 0.15) is 15.9 Å². The van der Waals surface area contributed by atoms with Gasteiger partial charge in [0.2, 0.25) is 0 Å². The summed E-state index contributed by atoms with van der Waals surface area (Å²) in [5.74, 6) is 2.83. The topological polar surface area (TPSA) is 163 Å². The van der Waals surface area contributed by atoms with Gasteiger partial charge >= 0.3 is 5.82 Å². The van der Waals surface area contributed by atoms with Crippen molar-refractivity contribution in [3.05, 3.63) is 90.3 Å². The molecule has 2 aromatic heterocycles. The number of nitrogens with zero attached hydrogens (tertiary/aromatic N) is 2. The molecule has 4 rings (SSSR count). The van der Waals surface area contributed by atoms with Gasteiger partial charge in [-0.05, 0) is 59.6 Å². The van der Waals surface area contributed by atoms with Gasteiger partial charge in [-0.25, -0.2) is 18.6 Å². The summed E-state index contributed by atoms with van der Waals surface area (Å²) in [5.41, 5.74) is 2.71. The summed E-state index contributed by atoms with van der Waals surface area (Å²) in [6.45, 7) is 0. The second-order valence-corrected chi connectivity index (χ2v) is 8.46. The molecule has 0 saturated carbocycles. The largest absolute Gasteiger partial charge is 0.493 e. The van der Waals surface area contributed by atoms with E-state index in [4.69, 9.17) is 37.6 Å². The Morgan fingerprint density at radius 2 is 1.28 bits per heavy atom. The fourth-order valence-electron chi connectivity index (χ4n) is 3.70. The Kier molecular flexibility index (Phi) is 9.77. The zero-order chi connectivity index (χ0) is 28.6. The van der Waals surface area contributed by atoms with E-state index in [1.807, 2.05) is 47.0 Å². The van der Waals surface area contributed by atoms with Gasteiger partial charge in [0.05, 0.1) is 34.0 Å². The molecule has 204 valence electrons. The van der Waals surface area contributed by atoms with Gasteiger partial charge in [-0.1, -0.05) is 6.07 Å². The number of hydrogen-bond acceptors (Lipinski definition) is 10. The van der Waals surface area contributed by atoms with E-state index < -0.39 is 10.2 Å². The third-order valence-corrected chi connectivity index (χ3v) is 5.43. The van der Waals surface area contributed by atoms with Crippen molar-refractivity contribution in [1.29, 1.82) is 0 Å². The minimum atomic E-state index is -4.94. The predicted octanol–water partition coefficient (Wildman–Crippen LogP) is -0.465. The molecule has 0 saturated heterocycles. The lowest BCUT2D eigenvalue weighted by atomic mass is 10.0. The maximum atomic E-state index is 13.4. The average molecular weight is 557 g/mol. The van der Waals surface area contributed by atoms with Gasteiger partial charge in [-0.2, -0.15) is 4.57 Å². The normalized spacial score (nSPS) is 10.7. The number of methoxy groups -OCH3 is 4. The highest BCUT2D eigenvalue weighted by Gasteiger charge is 2.21. The van der Waals surface area contributed by atoms with Crippen LogP contribution in [0.25, 0.3) is 17.1 Å². The molecule has 0 aliphatic carbocycles. The Balaban J connectivity index is 0.000000771. The summed E-state index contributed by atoms with van der Waals surface area (Å²) in [7, 11) is 1.35. The number of aromatic nitrogens is 2. The minimum Gasteiger partial charge on any atom is -0.493 e. The quantitative estimate of drug-likeness (QED) is 0.205. The molecule has 0 aliphatic rings. The summed E-state index contributed by atoms with van der Waals surface area (Å²) in [6, 6.07) is 20.1. The number of hydrogen-bond donors (Lipinski definition) is 0. The standard InChI is InChI=1S/C27H25N2O5.ClHO4/c1-31-22-12-9-18(15-24(22)33-3)21-11-8-20(17-29(21)26-7-5-6-14-28-26)27(30)19-10-13-23(32-2)25(16-19)34-4;2-1(3,4)5/h5-17H,1-4H3;(H,2,3,4,5)/q+1;/p-1. The Labute approximate surface area is 226 Å². The van der Waals surface area contributed by atoms with E-state index >= 15 is 0 Å². The van der Waals surface area contributed by atoms with Crippen molar-refractivity contribution < 1.29 is 57.2 Å². The smallest absolute Gasteiger partial charge is 0.327 e. The van der Waals surface area contributed by atoms with E-state index in [1.54, 1.807) is 65.1 Å². The van der Waals surface area contributed by atoms with Crippen molar-refractivity contribution in [3.63, 3.8) is 0 Å². The molecule has 0 spiro atoms. The van der Waals surface area contributed by atoms with Gasteiger partial charge in [-0.3, -0.25) is 4.79 Å². The van der Waals surface area contributed by atoms with Crippen molar-refractivity contribution in [1.82, 2.24) is 4.98 Å². The molecule has 2 heterocycles. The van der Waals surface area contributed by atoms with Gasteiger partial charge in [0.15, 0.2) is 28.8 Å². The number of benzene rings is 2. The van der Waals surface area contributed by atoms with E-state index in [0.717, 1.165) is 11.3 Å². The average Bonchev–Trinajstić information content (AvgIpc) is 2.95. The molecular weight excluding hydrogens is 532 g/mol. The molecule has 12 heteroatoms. The Morgan fingerprint density at radius 1 is 0.718 bits per heavy atom. The van der Waals surface area contributed by atoms with E-state index in [0.29, 0.717) is 39.9 Å². The molecule has 0 unspecified atom stereocenters. The fourth-order valence-corrected chi connectivity index (χ4v) is 3.70. The zero-order valence-corrected chi connectivity index (χ0v) is 22.2. The number of pyridine rings is 2. The number of carbonyl (C=O) groups excluding carboxylic acids is 1. The molecule has 2 aromatic carbocycles. The summed E-state index contributed by atoms with van der Waals surface area (Å²) >= 11 is 0. The van der Waals surface area contributed by atoms with Gasteiger partial charge in [-0.15, -0.1) is 10.2 Å². The highest BCUT2D eigenvalue weighted by molar-refractivity contribution is 6.09. The number of ether oxygens (including phenoxy) is 4. The van der Waals surface area contributed by atoms with E-state index in [-0.39, 0.29) is 5.78 Å². The maximum absolute atomic E-state index is 13.4. The van der Waals surface area contributed by atoms with Crippen molar-refractivity contribution in [2.75, 3.05) is 28.4 Å². The molecule has 0 aliphatic heterocycles. The van der Waals surface area contributed by atoms with Crippen molar-refractivity contribution in [2.24, 2.45) is 0 Å². The number of halogens is 1. The van der Waals surface area contributed by atoms with Crippen LogP contribution in [0.15, 0.2) is 79.1 Å². The monoisotopic (exact) mass is 556 g/mol. The van der Waals surface area contributed by atoms with Gasteiger partial charge in [0.25, 0.3) is 0 Å². The van der Waals surface area contributed by atoms with Crippen LogP contribution >= 0.6 is 0 Å². The summed E-state index contributed by atoms with van der Waals surface area (Å²) < 4.78 is 57.3. The lowest BCUT2D eigenvalue weighted by Crippen LogP contribution is -2.68. The molecule has 0 radical (unpaired) electrons. The van der Waals surface area contributed by atoms with E-state index in [9.17, 15) is 4.79 Å². The van der Waals surface area contributed by atoms with Gasteiger partial charge in [0, 0.05) is 17.2 Å². The zero-order valence-electron chi connectivity index (χ0n) is 21.5. The van der Waals surface area contributed by atoms with Crippen molar-refractivity contribution in [2.45, 2.75) is 0 Å². The van der Waals surface area contributed by atoms with Crippen LogP contribution in [0.4, 0.5) is 0 Å². The molecule has 0 fully saturated rings. The Morgan fingerprint density at radius 3 is 1.85 bits per heavy atom. The molecule has 39 heavy (non-hydrogen) atoms. The molecule has 0 bridgehead atoms. The van der Waals surface area contributed by atoms with Gasteiger partial charge < -0.3 is 18.9 Å². The third-order valence-electron chi connectivity index (χ3n) is 5.43. The number of ketones is 1. The first-order valence-electron chi connectivity index (χ1n) is 11.2. The third kappa shape index (κ3) is 7.63. The van der Waals surface area contributed by atoms with Crippen LogP contribution in [0.2, 0.25) is 0 Å². The highest BCUT2D eigenvalue weighted by Crippen LogP contribution is 2.32. The van der Waals surface area contributed by atoms with Crippen molar-refractivity contribution in [3.8, 4) is 40.1 Å². The Bertz CT molecular complexity index is 1420. The van der Waals surface area contributed by atoms with E-state index in [2.05, 4.69) is 4.98 Å². The van der Waals surface area contributed by atoms with Crippen molar-refractivity contribution >= 4 is 5.78 Å².